The molecule has 0 aromatic heterocycles. The SMILES string of the molecule is O=C(O)[C@@H]1CC=CC[C@H]1C(=O)Nc1cccc(S(=O)(=O)N2CCCCC2)c1. The number of sulfonamides is 1. The van der Waals surface area contributed by atoms with Crippen LogP contribution < -0.4 is 5.32 Å². The lowest BCUT2D eigenvalue weighted by molar-refractivity contribution is -0.146. The summed E-state index contributed by atoms with van der Waals surface area (Å²) in [7, 11) is -3.59. The monoisotopic (exact) mass is 392 g/mol. The summed E-state index contributed by atoms with van der Waals surface area (Å²) in [5, 5.41) is 12.0. The van der Waals surface area contributed by atoms with Crippen LogP contribution >= 0.6 is 0 Å². The molecule has 2 atom stereocenters. The minimum absolute atomic E-state index is 0.139. The van der Waals surface area contributed by atoms with Gasteiger partial charge in [0.05, 0.1) is 16.7 Å². The number of carboxylic acids is 1. The van der Waals surface area contributed by atoms with Crippen LogP contribution in [0.4, 0.5) is 5.69 Å². The highest BCUT2D eigenvalue weighted by Crippen LogP contribution is 2.28. The number of anilines is 1. The van der Waals surface area contributed by atoms with E-state index in [1.807, 2.05) is 0 Å². The molecular weight excluding hydrogens is 368 g/mol. The predicted molar refractivity (Wildman–Crippen MR) is 101 cm³/mol. The Morgan fingerprint density at radius 1 is 1.04 bits per heavy atom. The number of piperidine rings is 1. The van der Waals surface area contributed by atoms with Gasteiger partial charge in [-0.05, 0) is 43.9 Å². The van der Waals surface area contributed by atoms with E-state index in [0.717, 1.165) is 19.3 Å². The minimum Gasteiger partial charge on any atom is -0.481 e. The highest BCUT2D eigenvalue weighted by Gasteiger charge is 2.34. The lowest BCUT2D eigenvalue weighted by atomic mass is 9.82. The molecule has 146 valence electrons. The first-order chi connectivity index (χ1) is 12.9. The Balaban J connectivity index is 1.76. The Kier molecular flexibility index (Phi) is 5.96. The fourth-order valence-electron chi connectivity index (χ4n) is 3.60. The van der Waals surface area contributed by atoms with Crippen molar-refractivity contribution in [1.82, 2.24) is 4.31 Å². The molecule has 0 bridgehead atoms. The Morgan fingerprint density at radius 2 is 1.70 bits per heavy atom. The molecule has 1 aliphatic carbocycles. The van der Waals surface area contributed by atoms with Gasteiger partial charge in [0.1, 0.15) is 0 Å². The fraction of sp³-hybridized carbons (Fsp3) is 0.474. The molecule has 1 amide bonds. The number of carbonyl (C=O) groups is 2. The van der Waals surface area contributed by atoms with Gasteiger partial charge < -0.3 is 10.4 Å². The Bertz CT molecular complexity index is 843. The number of allylic oxidation sites excluding steroid dienone is 2. The van der Waals surface area contributed by atoms with Gasteiger partial charge in [0.15, 0.2) is 0 Å². The third kappa shape index (κ3) is 4.39. The van der Waals surface area contributed by atoms with E-state index in [0.29, 0.717) is 31.6 Å². The van der Waals surface area contributed by atoms with Crippen LogP contribution in [0.3, 0.4) is 0 Å². The number of carboxylic acid groups (broad SMARTS) is 1. The van der Waals surface area contributed by atoms with Gasteiger partial charge in [-0.1, -0.05) is 24.6 Å². The molecule has 0 radical (unpaired) electrons. The van der Waals surface area contributed by atoms with Gasteiger partial charge in [0.25, 0.3) is 0 Å². The van der Waals surface area contributed by atoms with Crippen molar-refractivity contribution in [2.75, 3.05) is 18.4 Å². The predicted octanol–water partition coefficient (Wildman–Crippen LogP) is 2.47. The molecule has 1 saturated heterocycles. The lowest BCUT2D eigenvalue weighted by Gasteiger charge is -2.26. The smallest absolute Gasteiger partial charge is 0.307 e. The second kappa shape index (κ2) is 8.22. The molecule has 2 aliphatic rings. The molecule has 1 aromatic carbocycles. The van der Waals surface area contributed by atoms with Crippen molar-refractivity contribution in [3.05, 3.63) is 36.4 Å². The maximum absolute atomic E-state index is 12.8. The van der Waals surface area contributed by atoms with Crippen LogP contribution in [-0.2, 0) is 19.6 Å². The molecule has 3 rings (SSSR count). The fourth-order valence-corrected chi connectivity index (χ4v) is 5.16. The van der Waals surface area contributed by atoms with Crippen LogP contribution in [0.5, 0.6) is 0 Å². The Labute approximate surface area is 159 Å². The molecule has 27 heavy (non-hydrogen) atoms. The van der Waals surface area contributed by atoms with Crippen LogP contribution in [0, 0.1) is 11.8 Å². The van der Waals surface area contributed by atoms with Gasteiger partial charge in [0.2, 0.25) is 15.9 Å². The van der Waals surface area contributed by atoms with Crippen LogP contribution in [0.2, 0.25) is 0 Å². The van der Waals surface area contributed by atoms with Crippen molar-refractivity contribution in [3.63, 3.8) is 0 Å². The maximum Gasteiger partial charge on any atom is 0.307 e. The summed E-state index contributed by atoms with van der Waals surface area (Å²) in [5.74, 6) is -2.84. The highest BCUT2D eigenvalue weighted by molar-refractivity contribution is 7.89. The van der Waals surface area contributed by atoms with Gasteiger partial charge in [-0.3, -0.25) is 9.59 Å². The number of rotatable bonds is 5. The second-order valence-electron chi connectivity index (χ2n) is 6.98. The molecule has 1 aliphatic heterocycles. The van der Waals surface area contributed by atoms with E-state index < -0.39 is 33.7 Å². The molecule has 0 saturated carbocycles. The molecule has 7 nitrogen and oxygen atoms in total. The van der Waals surface area contributed by atoms with E-state index >= 15 is 0 Å². The van der Waals surface area contributed by atoms with Crippen molar-refractivity contribution >= 4 is 27.6 Å². The number of nitrogens with one attached hydrogen (secondary N) is 1. The summed E-state index contributed by atoms with van der Waals surface area (Å²) in [4.78, 5) is 24.1. The van der Waals surface area contributed by atoms with Gasteiger partial charge in [-0.15, -0.1) is 0 Å². The number of hydrogen-bond acceptors (Lipinski definition) is 4. The number of benzene rings is 1. The van der Waals surface area contributed by atoms with Crippen molar-refractivity contribution in [2.45, 2.75) is 37.0 Å². The summed E-state index contributed by atoms with van der Waals surface area (Å²) < 4.78 is 27.1. The zero-order chi connectivity index (χ0) is 19.4. The van der Waals surface area contributed by atoms with Gasteiger partial charge in [-0.2, -0.15) is 4.31 Å². The quantitative estimate of drug-likeness (QED) is 0.749. The van der Waals surface area contributed by atoms with Gasteiger partial charge in [-0.25, -0.2) is 8.42 Å². The highest BCUT2D eigenvalue weighted by atomic mass is 32.2. The van der Waals surface area contributed by atoms with E-state index in [2.05, 4.69) is 5.32 Å². The first kappa shape index (κ1) is 19.6. The van der Waals surface area contributed by atoms with E-state index in [-0.39, 0.29) is 4.90 Å². The first-order valence-electron chi connectivity index (χ1n) is 9.18. The Hall–Kier alpha value is -2.19. The number of aliphatic carboxylic acids is 1. The van der Waals surface area contributed by atoms with Crippen LogP contribution in [0.1, 0.15) is 32.1 Å². The topological polar surface area (TPSA) is 104 Å². The molecule has 0 spiro atoms. The number of hydrogen-bond donors (Lipinski definition) is 2. The van der Waals surface area contributed by atoms with Crippen molar-refractivity contribution in [3.8, 4) is 0 Å². The van der Waals surface area contributed by atoms with Crippen LogP contribution in [0.25, 0.3) is 0 Å². The molecule has 8 heteroatoms. The molecule has 0 unspecified atom stereocenters. The van der Waals surface area contributed by atoms with Gasteiger partial charge >= 0.3 is 5.97 Å². The summed E-state index contributed by atoms with van der Waals surface area (Å²) >= 11 is 0. The average molecular weight is 392 g/mol. The Morgan fingerprint density at radius 3 is 2.37 bits per heavy atom. The minimum atomic E-state index is -3.59. The van der Waals surface area contributed by atoms with E-state index in [4.69, 9.17) is 0 Å². The normalized spacial score (nSPS) is 23.7. The molecule has 1 heterocycles. The van der Waals surface area contributed by atoms with Crippen molar-refractivity contribution in [2.24, 2.45) is 11.8 Å². The van der Waals surface area contributed by atoms with Crippen LogP contribution in [0.15, 0.2) is 41.3 Å². The van der Waals surface area contributed by atoms with Crippen LogP contribution in [-0.4, -0.2) is 42.8 Å². The van der Waals surface area contributed by atoms with Gasteiger partial charge in [0, 0.05) is 18.8 Å². The average Bonchev–Trinajstić information content (AvgIpc) is 2.69. The molecular formula is C19H24N2O5S. The summed E-state index contributed by atoms with van der Waals surface area (Å²) in [5.41, 5.74) is 0.358. The summed E-state index contributed by atoms with van der Waals surface area (Å²) in [6.07, 6.45) is 6.98. The second-order valence-corrected chi connectivity index (χ2v) is 8.91. The van der Waals surface area contributed by atoms with E-state index in [9.17, 15) is 23.1 Å². The largest absolute Gasteiger partial charge is 0.481 e. The number of carbonyl (C=O) groups excluding carboxylic acids is 1. The zero-order valence-corrected chi connectivity index (χ0v) is 15.8. The maximum atomic E-state index is 12.8. The van der Waals surface area contributed by atoms with E-state index in [1.54, 1.807) is 24.3 Å². The lowest BCUT2D eigenvalue weighted by Crippen LogP contribution is -2.36. The van der Waals surface area contributed by atoms with Crippen molar-refractivity contribution in [1.29, 1.82) is 0 Å². The molecule has 1 fully saturated rings. The third-order valence-electron chi connectivity index (χ3n) is 5.14. The number of amides is 1. The third-order valence-corrected chi connectivity index (χ3v) is 7.04. The first-order valence-corrected chi connectivity index (χ1v) is 10.6. The molecule has 1 aromatic rings. The number of nitrogens with zero attached hydrogens (tertiary/aromatic N) is 1. The standard InChI is InChI=1S/C19H24N2O5S/c22-18(16-9-2-3-10-17(16)19(23)24)20-14-7-6-8-15(13-14)27(25,26)21-11-4-1-5-12-21/h2-3,6-8,13,16-17H,1,4-5,9-12H2,(H,20,22)(H,23,24)/t16-,17-/m1/s1. The zero-order valence-electron chi connectivity index (χ0n) is 15.0. The van der Waals surface area contributed by atoms with Crippen molar-refractivity contribution < 1.29 is 23.1 Å². The van der Waals surface area contributed by atoms with E-state index in [1.165, 1.54) is 16.4 Å². The molecule has 2 N–H and O–H groups in total. The summed E-state index contributed by atoms with van der Waals surface area (Å²) in [6.45, 7) is 1.02. The summed E-state index contributed by atoms with van der Waals surface area (Å²) in [6, 6.07) is 6.16.